The first-order valence-corrected chi connectivity index (χ1v) is 6.36. The number of ether oxygens (including phenoxy) is 1. The molecule has 2 rings (SSSR count). The van der Waals surface area contributed by atoms with Crippen LogP contribution in [0.1, 0.15) is 18.4 Å². The van der Waals surface area contributed by atoms with E-state index in [9.17, 15) is 9.18 Å². The number of hydrogen-bond donors (Lipinski definition) is 1. The molecule has 0 spiro atoms. The standard InChI is InChI=1S/C14H18FNO2/c15-13-6-2-1-4-11(13)5-3-8-16-14(17)12-7-9-18-10-12/h1-2,4,6,12H,3,5,7-10H2,(H,16,17)/t12-/m1/s1. The molecular formula is C14H18FNO2. The number of benzene rings is 1. The van der Waals surface area contributed by atoms with Crippen molar-refractivity contribution in [1.82, 2.24) is 5.32 Å². The molecule has 98 valence electrons. The molecule has 18 heavy (non-hydrogen) atoms. The lowest BCUT2D eigenvalue weighted by Crippen LogP contribution is -2.31. The summed E-state index contributed by atoms with van der Waals surface area (Å²) in [7, 11) is 0. The zero-order valence-electron chi connectivity index (χ0n) is 10.3. The summed E-state index contributed by atoms with van der Waals surface area (Å²) in [6.07, 6.45) is 2.20. The monoisotopic (exact) mass is 251 g/mol. The SMILES string of the molecule is O=C(NCCCc1ccccc1F)[C@@H]1CCOC1. The molecule has 1 heterocycles. The van der Waals surface area contributed by atoms with E-state index in [1.165, 1.54) is 6.07 Å². The van der Waals surface area contributed by atoms with Crippen LogP contribution in [0, 0.1) is 11.7 Å². The van der Waals surface area contributed by atoms with Crippen molar-refractivity contribution < 1.29 is 13.9 Å². The number of carbonyl (C=O) groups excluding carboxylic acids is 1. The second kappa shape index (κ2) is 6.50. The Morgan fingerprint density at radius 2 is 2.28 bits per heavy atom. The molecule has 1 aliphatic heterocycles. The van der Waals surface area contributed by atoms with E-state index in [2.05, 4.69) is 5.32 Å². The third kappa shape index (κ3) is 3.53. The summed E-state index contributed by atoms with van der Waals surface area (Å²) in [6, 6.07) is 6.75. The van der Waals surface area contributed by atoms with Gasteiger partial charge >= 0.3 is 0 Å². The number of amides is 1. The van der Waals surface area contributed by atoms with Crippen molar-refractivity contribution >= 4 is 5.91 Å². The van der Waals surface area contributed by atoms with Gasteiger partial charge in [0.25, 0.3) is 0 Å². The average Bonchev–Trinajstić information content (AvgIpc) is 2.90. The van der Waals surface area contributed by atoms with Gasteiger partial charge in [-0.25, -0.2) is 4.39 Å². The Bertz CT molecular complexity index is 403. The average molecular weight is 251 g/mol. The van der Waals surface area contributed by atoms with Crippen molar-refractivity contribution in [2.75, 3.05) is 19.8 Å². The first kappa shape index (κ1) is 13.0. The van der Waals surface area contributed by atoms with Gasteiger partial charge < -0.3 is 10.1 Å². The van der Waals surface area contributed by atoms with Gasteiger partial charge in [0.1, 0.15) is 5.82 Å². The van der Waals surface area contributed by atoms with E-state index in [4.69, 9.17) is 4.74 Å². The predicted molar refractivity (Wildman–Crippen MR) is 66.7 cm³/mol. The van der Waals surface area contributed by atoms with Gasteiger partial charge in [-0.1, -0.05) is 18.2 Å². The Labute approximate surface area is 106 Å². The summed E-state index contributed by atoms with van der Waals surface area (Å²) in [6.45, 7) is 1.79. The second-order valence-electron chi connectivity index (χ2n) is 4.55. The van der Waals surface area contributed by atoms with Gasteiger partial charge in [0.15, 0.2) is 0 Å². The van der Waals surface area contributed by atoms with Crippen LogP contribution in [0.15, 0.2) is 24.3 Å². The maximum absolute atomic E-state index is 13.3. The minimum absolute atomic E-state index is 0.00142. The number of nitrogens with one attached hydrogen (secondary N) is 1. The molecule has 1 saturated heterocycles. The zero-order valence-corrected chi connectivity index (χ0v) is 10.3. The normalized spacial score (nSPS) is 18.8. The molecule has 0 unspecified atom stereocenters. The number of halogens is 1. The van der Waals surface area contributed by atoms with Crippen LogP contribution in [-0.2, 0) is 16.0 Å². The largest absolute Gasteiger partial charge is 0.381 e. The summed E-state index contributed by atoms with van der Waals surface area (Å²) in [5.41, 5.74) is 0.705. The number of rotatable bonds is 5. The fourth-order valence-corrected chi connectivity index (χ4v) is 2.08. The highest BCUT2D eigenvalue weighted by Crippen LogP contribution is 2.12. The van der Waals surface area contributed by atoms with Gasteiger partial charge in [0.2, 0.25) is 5.91 Å². The molecule has 1 aromatic rings. The highest BCUT2D eigenvalue weighted by Gasteiger charge is 2.22. The molecule has 1 aliphatic rings. The van der Waals surface area contributed by atoms with Crippen molar-refractivity contribution in [3.8, 4) is 0 Å². The topological polar surface area (TPSA) is 38.3 Å². The van der Waals surface area contributed by atoms with E-state index >= 15 is 0 Å². The molecule has 0 aromatic heterocycles. The predicted octanol–water partition coefficient (Wildman–Crippen LogP) is 1.91. The van der Waals surface area contributed by atoms with Gasteiger partial charge in [0.05, 0.1) is 12.5 Å². The van der Waals surface area contributed by atoms with Crippen molar-refractivity contribution in [1.29, 1.82) is 0 Å². The third-order valence-electron chi connectivity index (χ3n) is 3.18. The number of aryl methyl sites for hydroxylation is 1. The van der Waals surface area contributed by atoms with Crippen LogP contribution in [0.25, 0.3) is 0 Å². The lowest BCUT2D eigenvalue weighted by atomic mass is 10.1. The Morgan fingerprint density at radius 1 is 1.44 bits per heavy atom. The van der Waals surface area contributed by atoms with E-state index in [0.717, 1.165) is 12.8 Å². The summed E-state index contributed by atoms with van der Waals surface area (Å²) in [5, 5.41) is 2.87. The van der Waals surface area contributed by atoms with Gasteiger partial charge in [0, 0.05) is 13.2 Å². The fraction of sp³-hybridized carbons (Fsp3) is 0.500. The summed E-state index contributed by atoms with van der Waals surface area (Å²) in [4.78, 5) is 11.7. The number of hydrogen-bond acceptors (Lipinski definition) is 2. The summed E-state index contributed by atoms with van der Waals surface area (Å²) < 4.78 is 18.5. The molecular weight excluding hydrogens is 233 g/mol. The van der Waals surface area contributed by atoms with E-state index < -0.39 is 0 Å². The molecule has 1 atom stereocenters. The van der Waals surface area contributed by atoms with Crippen molar-refractivity contribution in [2.24, 2.45) is 5.92 Å². The lowest BCUT2D eigenvalue weighted by Gasteiger charge is -2.09. The molecule has 4 heteroatoms. The Morgan fingerprint density at radius 3 is 3.00 bits per heavy atom. The third-order valence-corrected chi connectivity index (χ3v) is 3.18. The molecule has 0 radical (unpaired) electrons. The maximum Gasteiger partial charge on any atom is 0.225 e. The van der Waals surface area contributed by atoms with Gasteiger partial charge in [-0.15, -0.1) is 0 Å². The van der Waals surface area contributed by atoms with Crippen LogP contribution < -0.4 is 5.32 Å². The van der Waals surface area contributed by atoms with E-state index in [1.807, 2.05) is 6.07 Å². The quantitative estimate of drug-likeness (QED) is 0.812. The minimum Gasteiger partial charge on any atom is -0.381 e. The molecule has 1 aromatic carbocycles. The Balaban J connectivity index is 1.67. The molecule has 0 aliphatic carbocycles. The molecule has 3 nitrogen and oxygen atoms in total. The molecule has 0 saturated carbocycles. The first-order valence-electron chi connectivity index (χ1n) is 6.36. The van der Waals surface area contributed by atoms with E-state index in [1.54, 1.807) is 12.1 Å². The Hall–Kier alpha value is -1.42. The van der Waals surface area contributed by atoms with Crippen LogP contribution in [0.3, 0.4) is 0 Å². The van der Waals surface area contributed by atoms with Gasteiger partial charge in [-0.3, -0.25) is 4.79 Å². The number of carbonyl (C=O) groups is 1. The van der Waals surface area contributed by atoms with Crippen LogP contribution in [0.2, 0.25) is 0 Å². The van der Waals surface area contributed by atoms with E-state index in [0.29, 0.717) is 31.7 Å². The summed E-state index contributed by atoms with van der Waals surface area (Å²) >= 11 is 0. The van der Waals surface area contributed by atoms with Gasteiger partial charge in [-0.2, -0.15) is 0 Å². The van der Waals surface area contributed by atoms with Crippen LogP contribution in [0.5, 0.6) is 0 Å². The van der Waals surface area contributed by atoms with Crippen LogP contribution in [0.4, 0.5) is 4.39 Å². The molecule has 1 amide bonds. The van der Waals surface area contributed by atoms with Crippen LogP contribution >= 0.6 is 0 Å². The Kier molecular flexibility index (Phi) is 4.70. The van der Waals surface area contributed by atoms with Crippen molar-refractivity contribution in [2.45, 2.75) is 19.3 Å². The smallest absolute Gasteiger partial charge is 0.225 e. The highest BCUT2D eigenvalue weighted by molar-refractivity contribution is 5.78. The van der Waals surface area contributed by atoms with Crippen molar-refractivity contribution in [3.05, 3.63) is 35.6 Å². The van der Waals surface area contributed by atoms with E-state index in [-0.39, 0.29) is 17.6 Å². The lowest BCUT2D eigenvalue weighted by molar-refractivity contribution is -0.124. The summed E-state index contributed by atoms with van der Waals surface area (Å²) in [5.74, 6) is -0.118. The zero-order chi connectivity index (χ0) is 12.8. The molecule has 0 bridgehead atoms. The fourth-order valence-electron chi connectivity index (χ4n) is 2.08. The maximum atomic E-state index is 13.3. The molecule has 1 N–H and O–H groups in total. The van der Waals surface area contributed by atoms with Gasteiger partial charge in [-0.05, 0) is 30.9 Å². The molecule has 1 fully saturated rings. The second-order valence-corrected chi connectivity index (χ2v) is 4.55. The minimum atomic E-state index is -0.173. The highest BCUT2D eigenvalue weighted by atomic mass is 19.1. The van der Waals surface area contributed by atoms with Crippen molar-refractivity contribution in [3.63, 3.8) is 0 Å². The first-order chi connectivity index (χ1) is 8.77. The van der Waals surface area contributed by atoms with Crippen LogP contribution in [-0.4, -0.2) is 25.7 Å².